The standard InChI is InChI=1S/C22H22N4O2/c1-25(14-17-11-12-23-15-24-17)18-7-9-19(10-8-18)26-21(27)13-16-5-3-4-6-20(16)22(26)28-2/h3-12,15,22H,13-14H2,1-2H3. The zero-order valence-electron chi connectivity index (χ0n) is 15.9. The molecular weight excluding hydrogens is 352 g/mol. The van der Waals surface area contributed by atoms with Crippen LogP contribution in [0.2, 0.25) is 0 Å². The molecule has 1 amide bonds. The van der Waals surface area contributed by atoms with Crippen LogP contribution in [0.25, 0.3) is 0 Å². The number of aromatic nitrogens is 2. The Labute approximate surface area is 164 Å². The van der Waals surface area contributed by atoms with E-state index in [2.05, 4.69) is 14.9 Å². The van der Waals surface area contributed by atoms with Crippen LogP contribution < -0.4 is 9.80 Å². The maximum Gasteiger partial charge on any atom is 0.233 e. The summed E-state index contributed by atoms with van der Waals surface area (Å²) in [6.07, 6.45) is 3.26. The highest BCUT2D eigenvalue weighted by molar-refractivity contribution is 5.97. The number of amides is 1. The fourth-order valence-corrected chi connectivity index (χ4v) is 3.58. The van der Waals surface area contributed by atoms with E-state index in [0.29, 0.717) is 13.0 Å². The van der Waals surface area contributed by atoms with Crippen LogP contribution in [0.15, 0.2) is 67.1 Å². The van der Waals surface area contributed by atoms with E-state index in [1.165, 1.54) is 0 Å². The van der Waals surface area contributed by atoms with E-state index >= 15 is 0 Å². The first-order valence-corrected chi connectivity index (χ1v) is 9.16. The Hall–Kier alpha value is -3.25. The van der Waals surface area contributed by atoms with E-state index in [1.54, 1.807) is 24.5 Å². The Bertz CT molecular complexity index is 960. The molecule has 2 aromatic carbocycles. The van der Waals surface area contributed by atoms with Gasteiger partial charge in [-0.3, -0.25) is 9.69 Å². The SMILES string of the molecule is COC1c2ccccc2CC(=O)N1c1ccc(N(C)Cc2ccncn2)cc1. The number of carbonyl (C=O) groups is 1. The van der Waals surface area contributed by atoms with Gasteiger partial charge in [-0.15, -0.1) is 0 Å². The Balaban J connectivity index is 1.57. The van der Waals surface area contributed by atoms with Crippen LogP contribution in [0, 0.1) is 0 Å². The topological polar surface area (TPSA) is 58.6 Å². The van der Waals surface area contributed by atoms with Crippen LogP contribution >= 0.6 is 0 Å². The van der Waals surface area contributed by atoms with Crippen molar-refractivity contribution in [1.29, 1.82) is 0 Å². The van der Waals surface area contributed by atoms with E-state index in [0.717, 1.165) is 28.2 Å². The van der Waals surface area contributed by atoms with E-state index in [1.807, 2.05) is 61.6 Å². The van der Waals surface area contributed by atoms with Gasteiger partial charge in [0, 0.05) is 37.3 Å². The summed E-state index contributed by atoms with van der Waals surface area (Å²) in [5.41, 5.74) is 4.88. The van der Waals surface area contributed by atoms with Crippen LogP contribution in [-0.4, -0.2) is 30.0 Å². The number of nitrogens with zero attached hydrogens (tertiary/aromatic N) is 4. The van der Waals surface area contributed by atoms with E-state index in [-0.39, 0.29) is 5.91 Å². The number of methoxy groups -OCH3 is 1. The first-order valence-electron chi connectivity index (χ1n) is 9.16. The predicted octanol–water partition coefficient (Wildman–Crippen LogP) is 3.35. The highest BCUT2D eigenvalue weighted by atomic mass is 16.5. The van der Waals surface area contributed by atoms with Crippen LogP contribution in [0.5, 0.6) is 0 Å². The molecule has 0 bridgehead atoms. The summed E-state index contributed by atoms with van der Waals surface area (Å²) in [5, 5.41) is 0. The molecule has 6 heteroatoms. The zero-order valence-corrected chi connectivity index (χ0v) is 15.9. The van der Waals surface area contributed by atoms with Gasteiger partial charge in [-0.2, -0.15) is 0 Å². The van der Waals surface area contributed by atoms with Gasteiger partial charge in [0.25, 0.3) is 0 Å². The molecule has 2 heterocycles. The van der Waals surface area contributed by atoms with Gasteiger partial charge >= 0.3 is 0 Å². The van der Waals surface area contributed by atoms with Gasteiger partial charge in [0.1, 0.15) is 6.33 Å². The molecule has 0 saturated heterocycles. The first kappa shape index (κ1) is 18.1. The maximum atomic E-state index is 12.8. The Morgan fingerprint density at radius 3 is 2.64 bits per heavy atom. The molecular formula is C22H22N4O2. The highest BCUT2D eigenvalue weighted by Crippen LogP contribution is 2.35. The van der Waals surface area contributed by atoms with Gasteiger partial charge < -0.3 is 9.64 Å². The molecule has 0 aliphatic carbocycles. The second-order valence-electron chi connectivity index (χ2n) is 6.80. The number of benzene rings is 2. The van der Waals surface area contributed by atoms with Crippen molar-refractivity contribution in [3.05, 3.63) is 83.9 Å². The summed E-state index contributed by atoms with van der Waals surface area (Å²) in [6, 6.07) is 17.8. The lowest BCUT2D eigenvalue weighted by Crippen LogP contribution is -2.41. The maximum absolute atomic E-state index is 12.8. The summed E-state index contributed by atoms with van der Waals surface area (Å²) >= 11 is 0. The molecule has 4 rings (SSSR count). The first-order chi connectivity index (χ1) is 13.7. The van der Waals surface area contributed by atoms with Crippen molar-refractivity contribution < 1.29 is 9.53 Å². The number of hydrogen-bond donors (Lipinski definition) is 0. The van der Waals surface area contributed by atoms with Crippen molar-refractivity contribution in [2.45, 2.75) is 19.2 Å². The molecule has 1 aliphatic rings. The van der Waals surface area contributed by atoms with Gasteiger partial charge in [-0.1, -0.05) is 24.3 Å². The normalized spacial score (nSPS) is 16.0. The Morgan fingerprint density at radius 2 is 1.93 bits per heavy atom. The minimum atomic E-state index is -0.415. The van der Waals surface area contributed by atoms with Gasteiger partial charge in [-0.25, -0.2) is 9.97 Å². The minimum absolute atomic E-state index is 0.0349. The molecule has 1 aliphatic heterocycles. The minimum Gasteiger partial charge on any atom is -0.369 e. The third kappa shape index (κ3) is 3.46. The lowest BCUT2D eigenvalue weighted by molar-refractivity contribution is -0.121. The zero-order chi connectivity index (χ0) is 19.5. The molecule has 6 nitrogen and oxygen atoms in total. The van der Waals surface area contributed by atoms with Crippen molar-refractivity contribution in [1.82, 2.24) is 9.97 Å². The molecule has 0 N–H and O–H groups in total. The van der Waals surface area contributed by atoms with Crippen molar-refractivity contribution in [2.75, 3.05) is 24.0 Å². The predicted molar refractivity (Wildman–Crippen MR) is 108 cm³/mol. The number of ether oxygens (including phenoxy) is 1. The van der Waals surface area contributed by atoms with Crippen molar-refractivity contribution in [3.63, 3.8) is 0 Å². The lowest BCUT2D eigenvalue weighted by atomic mass is 9.97. The van der Waals surface area contributed by atoms with E-state index in [4.69, 9.17) is 4.74 Å². The summed E-state index contributed by atoms with van der Waals surface area (Å²) in [6.45, 7) is 0.679. The molecule has 1 atom stereocenters. The third-order valence-electron chi connectivity index (χ3n) is 5.00. The average molecular weight is 374 g/mol. The van der Waals surface area contributed by atoms with Crippen LogP contribution in [-0.2, 0) is 22.5 Å². The fraction of sp³-hybridized carbons (Fsp3) is 0.227. The fourth-order valence-electron chi connectivity index (χ4n) is 3.58. The summed E-state index contributed by atoms with van der Waals surface area (Å²) in [7, 11) is 3.65. The van der Waals surface area contributed by atoms with Gasteiger partial charge in [0.05, 0.1) is 18.7 Å². The van der Waals surface area contributed by atoms with Crippen molar-refractivity contribution in [2.24, 2.45) is 0 Å². The molecule has 28 heavy (non-hydrogen) atoms. The van der Waals surface area contributed by atoms with Gasteiger partial charge in [-0.05, 0) is 35.9 Å². The second kappa shape index (κ2) is 7.78. The Morgan fingerprint density at radius 1 is 1.14 bits per heavy atom. The van der Waals surface area contributed by atoms with Crippen LogP contribution in [0.4, 0.5) is 11.4 Å². The average Bonchev–Trinajstić information content (AvgIpc) is 2.73. The van der Waals surface area contributed by atoms with Crippen molar-refractivity contribution in [3.8, 4) is 0 Å². The quantitative estimate of drug-likeness (QED) is 0.685. The van der Waals surface area contributed by atoms with E-state index < -0.39 is 6.23 Å². The smallest absolute Gasteiger partial charge is 0.233 e. The van der Waals surface area contributed by atoms with Gasteiger partial charge in [0.2, 0.25) is 5.91 Å². The van der Waals surface area contributed by atoms with Crippen molar-refractivity contribution >= 4 is 17.3 Å². The summed E-state index contributed by atoms with van der Waals surface area (Å²) in [4.78, 5) is 24.9. The molecule has 142 valence electrons. The Kier molecular flexibility index (Phi) is 5.04. The third-order valence-corrected chi connectivity index (χ3v) is 5.00. The highest BCUT2D eigenvalue weighted by Gasteiger charge is 2.33. The second-order valence-corrected chi connectivity index (χ2v) is 6.80. The number of carbonyl (C=O) groups excluding carboxylic acids is 1. The number of rotatable bonds is 5. The van der Waals surface area contributed by atoms with E-state index in [9.17, 15) is 4.79 Å². The van der Waals surface area contributed by atoms with Crippen LogP contribution in [0.1, 0.15) is 23.0 Å². The molecule has 3 aromatic rings. The molecule has 1 aromatic heterocycles. The monoisotopic (exact) mass is 374 g/mol. The largest absolute Gasteiger partial charge is 0.369 e. The number of fused-ring (bicyclic) bond motifs is 1. The molecule has 0 radical (unpaired) electrons. The number of anilines is 2. The lowest BCUT2D eigenvalue weighted by Gasteiger charge is -2.36. The molecule has 0 saturated carbocycles. The number of hydrogen-bond acceptors (Lipinski definition) is 5. The molecule has 1 unspecified atom stereocenters. The molecule has 0 spiro atoms. The summed E-state index contributed by atoms with van der Waals surface area (Å²) in [5.74, 6) is 0.0349. The summed E-state index contributed by atoms with van der Waals surface area (Å²) < 4.78 is 5.69. The van der Waals surface area contributed by atoms with Gasteiger partial charge in [0.15, 0.2) is 6.23 Å². The molecule has 0 fully saturated rings. The van der Waals surface area contributed by atoms with Crippen LogP contribution in [0.3, 0.4) is 0 Å².